The molecule has 19 heavy (non-hydrogen) atoms. The Morgan fingerprint density at radius 1 is 1.37 bits per heavy atom. The highest BCUT2D eigenvalue weighted by Crippen LogP contribution is 2.49. The summed E-state index contributed by atoms with van der Waals surface area (Å²) in [5.74, 6) is -0.558. The molecule has 0 bridgehead atoms. The van der Waals surface area contributed by atoms with Crippen molar-refractivity contribution in [3.05, 3.63) is 29.8 Å². The van der Waals surface area contributed by atoms with Crippen molar-refractivity contribution in [2.24, 2.45) is 0 Å². The molecule has 3 unspecified atom stereocenters. The van der Waals surface area contributed by atoms with Crippen LogP contribution in [0.5, 0.6) is 5.75 Å². The lowest BCUT2D eigenvalue weighted by atomic mass is 9.78. The van der Waals surface area contributed by atoms with Crippen molar-refractivity contribution in [2.45, 2.75) is 43.0 Å². The Hall–Kier alpha value is -1.26. The van der Waals surface area contributed by atoms with E-state index < -0.39 is 17.9 Å². The molecule has 0 amide bonds. The van der Waals surface area contributed by atoms with Crippen LogP contribution in [0.3, 0.4) is 0 Å². The second kappa shape index (κ2) is 4.69. The average Bonchev–Trinajstić information content (AvgIpc) is 2.42. The fourth-order valence-corrected chi connectivity index (χ4v) is 3.38. The van der Waals surface area contributed by atoms with Gasteiger partial charge < -0.3 is 14.6 Å². The molecule has 2 aliphatic rings. The Morgan fingerprint density at radius 3 is 2.89 bits per heavy atom. The second-order valence-corrected chi connectivity index (χ2v) is 5.53. The second-order valence-electron chi connectivity index (χ2n) is 5.00. The summed E-state index contributed by atoms with van der Waals surface area (Å²) >= 11 is 6.48. The van der Waals surface area contributed by atoms with Crippen molar-refractivity contribution >= 4 is 17.6 Å². The molecule has 1 aromatic carbocycles. The van der Waals surface area contributed by atoms with E-state index >= 15 is 0 Å². The Labute approximate surface area is 116 Å². The van der Waals surface area contributed by atoms with Gasteiger partial charge in [0.05, 0.1) is 5.38 Å². The van der Waals surface area contributed by atoms with Crippen molar-refractivity contribution in [1.29, 1.82) is 0 Å². The number of para-hydroxylation sites is 1. The van der Waals surface area contributed by atoms with Crippen molar-refractivity contribution in [3.8, 4) is 5.75 Å². The maximum atomic E-state index is 11.2. The van der Waals surface area contributed by atoms with Gasteiger partial charge in [-0.25, -0.2) is 4.79 Å². The van der Waals surface area contributed by atoms with E-state index in [1.807, 2.05) is 18.2 Å². The van der Waals surface area contributed by atoms with Crippen LogP contribution in [0.25, 0.3) is 0 Å². The Bertz CT molecular complexity index is 504. The summed E-state index contributed by atoms with van der Waals surface area (Å²) in [7, 11) is 0. The van der Waals surface area contributed by atoms with Crippen LogP contribution in [0.15, 0.2) is 24.3 Å². The van der Waals surface area contributed by atoms with Crippen LogP contribution in [-0.4, -0.2) is 22.7 Å². The molecule has 0 saturated heterocycles. The van der Waals surface area contributed by atoms with Gasteiger partial charge in [0, 0.05) is 5.56 Å². The highest BCUT2D eigenvalue weighted by molar-refractivity contribution is 6.21. The van der Waals surface area contributed by atoms with Gasteiger partial charge in [-0.3, -0.25) is 0 Å². The largest absolute Gasteiger partial charge is 0.477 e. The smallest absolute Gasteiger partial charge is 0.373 e. The van der Waals surface area contributed by atoms with Gasteiger partial charge in [-0.1, -0.05) is 31.0 Å². The number of carboxylic acids is 1. The number of aliphatic carboxylic acids is 1. The van der Waals surface area contributed by atoms with Crippen LogP contribution < -0.4 is 4.74 Å². The molecule has 1 aliphatic heterocycles. The zero-order chi connectivity index (χ0) is 13.5. The zero-order valence-corrected chi connectivity index (χ0v) is 11.1. The molecule has 0 radical (unpaired) electrons. The van der Waals surface area contributed by atoms with Gasteiger partial charge in [0.2, 0.25) is 0 Å². The maximum absolute atomic E-state index is 11.2. The highest BCUT2D eigenvalue weighted by atomic mass is 35.5. The summed E-state index contributed by atoms with van der Waals surface area (Å²) in [6.07, 6.45) is 2.28. The SMILES string of the molecule is O=C(O)C1Oc2ccccc2C2(CCCCC2Cl)O1. The Balaban J connectivity index is 2.09. The first-order valence-corrected chi connectivity index (χ1v) is 6.88. The maximum Gasteiger partial charge on any atom is 0.373 e. The lowest BCUT2D eigenvalue weighted by Crippen LogP contribution is -2.51. The van der Waals surface area contributed by atoms with Crippen molar-refractivity contribution in [2.75, 3.05) is 0 Å². The Kier molecular flexibility index (Phi) is 3.15. The molecule has 1 spiro atoms. The zero-order valence-electron chi connectivity index (χ0n) is 10.3. The molecular weight excluding hydrogens is 268 g/mol. The summed E-state index contributed by atoms with van der Waals surface area (Å²) in [5.41, 5.74) is 0.129. The number of hydrogen-bond acceptors (Lipinski definition) is 3. The topological polar surface area (TPSA) is 55.8 Å². The molecule has 1 aromatic rings. The number of fused-ring (bicyclic) bond motifs is 2. The number of rotatable bonds is 1. The number of ether oxygens (including phenoxy) is 2. The number of carboxylic acid groups (broad SMARTS) is 1. The van der Waals surface area contributed by atoms with Crippen LogP contribution in [-0.2, 0) is 15.1 Å². The molecule has 1 aliphatic carbocycles. The lowest BCUT2D eigenvalue weighted by molar-refractivity contribution is -0.220. The fourth-order valence-electron chi connectivity index (χ4n) is 2.95. The van der Waals surface area contributed by atoms with Crippen LogP contribution in [0, 0.1) is 0 Å². The van der Waals surface area contributed by atoms with Crippen molar-refractivity contribution in [1.82, 2.24) is 0 Å². The standard InChI is InChI=1S/C14H15ClO4/c15-11-7-3-4-8-14(11)9-5-1-2-6-10(9)18-13(19-14)12(16)17/h1-2,5-6,11,13H,3-4,7-8H2,(H,16,17). The minimum atomic E-state index is -1.28. The molecule has 3 rings (SSSR count). The van der Waals surface area contributed by atoms with Crippen molar-refractivity contribution in [3.63, 3.8) is 0 Å². The minimum absolute atomic E-state index is 0.229. The summed E-state index contributed by atoms with van der Waals surface area (Å²) in [6.45, 7) is 0. The summed E-state index contributed by atoms with van der Waals surface area (Å²) < 4.78 is 11.2. The average molecular weight is 283 g/mol. The third-order valence-electron chi connectivity index (χ3n) is 3.86. The molecule has 5 heteroatoms. The molecule has 1 saturated carbocycles. The van der Waals surface area contributed by atoms with Gasteiger partial charge >= 0.3 is 5.97 Å². The first-order valence-electron chi connectivity index (χ1n) is 6.44. The van der Waals surface area contributed by atoms with E-state index in [1.54, 1.807) is 6.07 Å². The van der Waals surface area contributed by atoms with E-state index in [0.717, 1.165) is 31.2 Å². The number of halogens is 1. The normalized spacial score (nSPS) is 33.5. The van der Waals surface area contributed by atoms with Gasteiger partial charge in [-0.2, -0.15) is 0 Å². The van der Waals surface area contributed by atoms with E-state index in [-0.39, 0.29) is 5.38 Å². The third-order valence-corrected chi connectivity index (χ3v) is 4.43. The molecule has 4 nitrogen and oxygen atoms in total. The van der Waals surface area contributed by atoms with Crippen LogP contribution in [0.2, 0.25) is 0 Å². The van der Waals surface area contributed by atoms with Gasteiger partial charge in [-0.15, -0.1) is 11.6 Å². The van der Waals surface area contributed by atoms with Gasteiger partial charge in [-0.05, 0) is 18.9 Å². The van der Waals surface area contributed by atoms with Gasteiger partial charge in [0.25, 0.3) is 6.29 Å². The Morgan fingerprint density at radius 2 is 2.16 bits per heavy atom. The molecule has 1 fully saturated rings. The van der Waals surface area contributed by atoms with E-state index in [1.165, 1.54) is 0 Å². The van der Waals surface area contributed by atoms with E-state index in [0.29, 0.717) is 5.75 Å². The summed E-state index contributed by atoms with van der Waals surface area (Å²) in [6, 6.07) is 7.40. The first-order chi connectivity index (χ1) is 9.13. The highest BCUT2D eigenvalue weighted by Gasteiger charge is 2.50. The summed E-state index contributed by atoms with van der Waals surface area (Å²) in [4.78, 5) is 11.2. The number of alkyl halides is 1. The molecule has 1 N–H and O–H groups in total. The molecule has 3 atom stereocenters. The van der Waals surface area contributed by atoms with Crippen LogP contribution >= 0.6 is 11.6 Å². The number of carbonyl (C=O) groups is 1. The lowest BCUT2D eigenvalue weighted by Gasteiger charge is -2.46. The van der Waals surface area contributed by atoms with Crippen LogP contribution in [0.1, 0.15) is 31.2 Å². The van der Waals surface area contributed by atoms with Crippen LogP contribution in [0.4, 0.5) is 0 Å². The number of hydrogen-bond donors (Lipinski definition) is 1. The predicted octanol–water partition coefficient (Wildman–Crippen LogP) is 2.88. The summed E-state index contributed by atoms with van der Waals surface area (Å²) in [5, 5.41) is 8.94. The van der Waals surface area contributed by atoms with E-state index in [4.69, 9.17) is 21.1 Å². The monoisotopic (exact) mass is 282 g/mol. The first kappa shape index (κ1) is 12.8. The quantitative estimate of drug-likeness (QED) is 0.805. The molecular formula is C14H15ClO4. The minimum Gasteiger partial charge on any atom is -0.477 e. The van der Waals surface area contributed by atoms with Gasteiger partial charge in [0.15, 0.2) is 0 Å². The number of benzene rings is 1. The predicted molar refractivity (Wildman–Crippen MR) is 69.4 cm³/mol. The van der Waals surface area contributed by atoms with E-state index in [2.05, 4.69) is 0 Å². The molecule has 102 valence electrons. The van der Waals surface area contributed by atoms with E-state index in [9.17, 15) is 9.90 Å². The van der Waals surface area contributed by atoms with Crippen molar-refractivity contribution < 1.29 is 19.4 Å². The third kappa shape index (κ3) is 1.99. The molecule has 1 heterocycles. The van der Waals surface area contributed by atoms with Gasteiger partial charge in [0.1, 0.15) is 11.4 Å². The molecule has 0 aromatic heterocycles. The fraction of sp³-hybridized carbons (Fsp3) is 0.500.